The van der Waals surface area contributed by atoms with E-state index in [9.17, 15) is 0 Å². The molecule has 0 atom stereocenters. The van der Waals surface area contributed by atoms with Crippen molar-refractivity contribution in [2.24, 2.45) is 4.99 Å². The molecule has 0 spiro atoms. The van der Waals surface area contributed by atoms with Crippen LogP contribution in [0.5, 0.6) is 0 Å². The first-order valence-electron chi connectivity index (χ1n) is 10.2. The number of ether oxygens (including phenoxy) is 1. The number of nitrogens with zero attached hydrogens (tertiary/aromatic N) is 2. The first kappa shape index (κ1) is 24.2. The number of hydrogen-bond acceptors (Lipinski definition) is 3. The topological polar surface area (TPSA) is 48.9 Å². The molecule has 0 aromatic heterocycles. The standard InChI is InChI=1S/C21H36N4O.HI/c1-3-13-23-21(22-4-2)24-14-8-17-26-20-11-15-25(16-12-20)18-19-9-6-5-7-10-19;/h5-7,9-10,20H,3-4,8,11-18H2,1-2H3,(H2,22,23,24);1H. The van der Waals surface area contributed by atoms with E-state index in [1.807, 2.05) is 0 Å². The fraction of sp³-hybridized carbons (Fsp3) is 0.667. The van der Waals surface area contributed by atoms with Crippen LogP contribution in [0.3, 0.4) is 0 Å². The molecule has 1 aromatic carbocycles. The van der Waals surface area contributed by atoms with E-state index in [0.29, 0.717) is 6.10 Å². The predicted molar refractivity (Wildman–Crippen MR) is 125 cm³/mol. The third-order valence-electron chi connectivity index (χ3n) is 4.59. The third-order valence-corrected chi connectivity index (χ3v) is 4.59. The SMILES string of the molecule is CCCN=C(NCC)NCCCOC1CCN(Cc2ccccc2)CC1.I. The predicted octanol–water partition coefficient (Wildman–Crippen LogP) is 3.64. The molecule has 6 heteroatoms. The summed E-state index contributed by atoms with van der Waals surface area (Å²) in [7, 11) is 0. The van der Waals surface area contributed by atoms with E-state index in [4.69, 9.17) is 4.74 Å². The molecule has 0 aliphatic carbocycles. The van der Waals surface area contributed by atoms with E-state index in [2.05, 4.69) is 64.7 Å². The van der Waals surface area contributed by atoms with Crippen molar-refractivity contribution in [3.05, 3.63) is 35.9 Å². The molecule has 0 unspecified atom stereocenters. The van der Waals surface area contributed by atoms with Gasteiger partial charge in [0.2, 0.25) is 0 Å². The molecule has 1 heterocycles. The van der Waals surface area contributed by atoms with Crippen molar-refractivity contribution in [3.63, 3.8) is 0 Å². The van der Waals surface area contributed by atoms with Gasteiger partial charge in [0.05, 0.1) is 6.10 Å². The number of guanidine groups is 1. The van der Waals surface area contributed by atoms with Crippen LogP contribution in [0.25, 0.3) is 0 Å². The second kappa shape index (κ2) is 15.1. The number of hydrogen-bond donors (Lipinski definition) is 2. The van der Waals surface area contributed by atoms with E-state index < -0.39 is 0 Å². The molecule has 1 aromatic rings. The number of nitrogens with one attached hydrogen (secondary N) is 2. The Morgan fingerprint density at radius 1 is 1.15 bits per heavy atom. The summed E-state index contributed by atoms with van der Waals surface area (Å²) in [5.41, 5.74) is 1.40. The molecule has 2 rings (SSSR count). The molecule has 1 saturated heterocycles. The summed E-state index contributed by atoms with van der Waals surface area (Å²) < 4.78 is 6.08. The van der Waals surface area contributed by atoms with Crippen molar-refractivity contribution in [3.8, 4) is 0 Å². The molecule has 1 aliphatic rings. The maximum atomic E-state index is 6.08. The lowest BCUT2D eigenvalue weighted by Gasteiger charge is -2.32. The Hall–Kier alpha value is -0.860. The summed E-state index contributed by atoms with van der Waals surface area (Å²) in [5, 5.41) is 6.65. The highest BCUT2D eigenvalue weighted by atomic mass is 127. The molecular formula is C21H37IN4O. The number of halogens is 1. The molecule has 0 saturated carbocycles. The van der Waals surface area contributed by atoms with E-state index in [1.54, 1.807) is 0 Å². The minimum atomic E-state index is 0. The van der Waals surface area contributed by atoms with Gasteiger partial charge in [-0.25, -0.2) is 0 Å². The van der Waals surface area contributed by atoms with Crippen LogP contribution in [0.15, 0.2) is 35.3 Å². The summed E-state index contributed by atoms with van der Waals surface area (Å²) in [6.45, 7) is 11.1. The van der Waals surface area contributed by atoms with Crippen LogP contribution < -0.4 is 10.6 Å². The minimum Gasteiger partial charge on any atom is -0.378 e. The highest BCUT2D eigenvalue weighted by molar-refractivity contribution is 14.0. The number of piperidine rings is 1. The average molecular weight is 488 g/mol. The molecule has 0 bridgehead atoms. The first-order valence-corrected chi connectivity index (χ1v) is 10.2. The van der Waals surface area contributed by atoms with Crippen molar-refractivity contribution in [1.29, 1.82) is 0 Å². The maximum Gasteiger partial charge on any atom is 0.191 e. The number of rotatable bonds is 10. The zero-order valence-electron chi connectivity index (χ0n) is 17.0. The summed E-state index contributed by atoms with van der Waals surface area (Å²) in [5.74, 6) is 0.920. The number of likely N-dealkylation sites (tertiary alicyclic amines) is 1. The molecule has 5 nitrogen and oxygen atoms in total. The summed E-state index contributed by atoms with van der Waals surface area (Å²) in [6, 6.07) is 10.7. The summed E-state index contributed by atoms with van der Waals surface area (Å²) in [6.07, 6.45) is 4.79. The third kappa shape index (κ3) is 10.3. The van der Waals surface area contributed by atoms with Gasteiger partial charge in [-0.1, -0.05) is 37.3 Å². The van der Waals surface area contributed by atoms with E-state index in [-0.39, 0.29) is 24.0 Å². The molecule has 154 valence electrons. The average Bonchev–Trinajstić information content (AvgIpc) is 2.68. The Morgan fingerprint density at radius 2 is 1.89 bits per heavy atom. The fourth-order valence-electron chi connectivity index (χ4n) is 3.17. The second-order valence-electron chi connectivity index (χ2n) is 6.87. The van der Waals surface area contributed by atoms with Gasteiger partial charge in [-0.15, -0.1) is 24.0 Å². The molecule has 0 amide bonds. The number of benzene rings is 1. The Balaban J connectivity index is 0.00000364. The van der Waals surface area contributed by atoms with Crippen LogP contribution in [0.4, 0.5) is 0 Å². The van der Waals surface area contributed by atoms with Crippen molar-refractivity contribution in [1.82, 2.24) is 15.5 Å². The lowest BCUT2D eigenvalue weighted by Crippen LogP contribution is -2.39. The van der Waals surface area contributed by atoms with Crippen LogP contribution >= 0.6 is 24.0 Å². The zero-order valence-corrected chi connectivity index (χ0v) is 19.3. The Bertz CT molecular complexity index is 504. The molecule has 1 aliphatic heterocycles. The molecule has 0 radical (unpaired) electrons. The van der Waals surface area contributed by atoms with Gasteiger partial charge in [0.15, 0.2) is 5.96 Å². The minimum absolute atomic E-state index is 0. The smallest absolute Gasteiger partial charge is 0.191 e. The molecule has 2 N–H and O–H groups in total. The Labute approximate surface area is 182 Å². The summed E-state index contributed by atoms with van der Waals surface area (Å²) >= 11 is 0. The van der Waals surface area contributed by atoms with Gasteiger partial charge in [0.1, 0.15) is 0 Å². The maximum absolute atomic E-state index is 6.08. The second-order valence-corrected chi connectivity index (χ2v) is 6.87. The first-order chi connectivity index (χ1) is 12.8. The Morgan fingerprint density at radius 3 is 2.56 bits per heavy atom. The van der Waals surface area contributed by atoms with Gasteiger partial charge < -0.3 is 15.4 Å². The largest absolute Gasteiger partial charge is 0.378 e. The van der Waals surface area contributed by atoms with Crippen LogP contribution in [0.2, 0.25) is 0 Å². The zero-order chi connectivity index (χ0) is 18.5. The van der Waals surface area contributed by atoms with Crippen LogP contribution in [-0.2, 0) is 11.3 Å². The lowest BCUT2D eigenvalue weighted by atomic mass is 10.1. The summed E-state index contributed by atoms with van der Waals surface area (Å²) in [4.78, 5) is 7.04. The van der Waals surface area contributed by atoms with Crippen molar-refractivity contribution in [2.75, 3.05) is 39.3 Å². The molecular weight excluding hydrogens is 451 g/mol. The van der Waals surface area contributed by atoms with Crippen LogP contribution in [0.1, 0.15) is 45.1 Å². The van der Waals surface area contributed by atoms with Gasteiger partial charge in [-0.2, -0.15) is 0 Å². The van der Waals surface area contributed by atoms with E-state index in [0.717, 1.165) is 77.5 Å². The van der Waals surface area contributed by atoms with Gasteiger partial charge in [-0.05, 0) is 38.2 Å². The number of aliphatic imine (C=N–C) groups is 1. The monoisotopic (exact) mass is 488 g/mol. The highest BCUT2D eigenvalue weighted by Crippen LogP contribution is 2.16. The van der Waals surface area contributed by atoms with Gasteiger partial charge in [0.25, 0.3) is 0 Å². The van der Waals surface area contributed by atoms with Crippen molar-refractivity contribution >= 4 is 29.9 Å². The van der Waals surface area contributed by atoms with Crippen LogP contribution in [0, 0.1) is 0 Å². The Kier molecular flexibility index (Phi) is 13.5. The van der Waals surface area contributed by atoms with Gasteiger partial charge in [0, 0.05) is 45.9 Å². The highest BCUT2D eigenvalue weighted by Gasteiger charge is 2.19. The quantitative estimate of drug-likeness (QED) is 0.229. The lowest BCUT2D eigenvalue weighted by molar-refractivity contribution is 0.00534. The normalized spacial score (nSPS) is 16.0. The van der Waals surface area contributed by atoms with Crippen LogP contribution in [-0.4, -0.2) is 56.3 Å². The van der Waals surface area contributed by atoms with Gasteiger partial charge in [-0.3, -0.25) is 9.89 Å². The van der Waals surface area contributed by atoms with Crippen molar-refractivity contribution in [2.45, 2.75) is 52.2 Å². The molecule has 1 fully saturated rings. The van der Waals surface area contributed by atoms with Crippen molar-refractivity contribution < 1.29 is 4.74 Å². The van der Waals surface area contributed by atoms with E-state index >= 15 is 0 Å². The fourth-order valence-corrected chi connectivity index (χ4v) is 3.17. The van der Waals surface area contributed by atoms with E-state index in [1.165, 1.54) is 5.56 Å². The molecule has 27 heavy (non-hydrogen) atoms. The van der Waals surface area contributed by atoms with Gasteiger partial charge >= 0.3 is 0 Å².